The molecule has 20 heavy (non-hydrogen) atoms. The van der Waals surface area contributed by atoms with E-state index >= 15 is 0 Å². The van der Waals surface area contributed by atoms with Crippen LogP contribution in [-0.2, 0) is 6.54 Å². The number of fused-ring (bicyclic) bond motifs is 1. The first-order chi connectivity index (χ1) is 9.65. The molecule has 2 atom stereocenters. The predicted octanol–water partition coefficient (Wildman–Crippen LogP) is 3.35. The maximum atomic E-state index is 13.8. The second kappa shape index (κ2) is 5.32. The summed E-state index contributed by atoms with van der Waals surface area (Å²) in [6, 6.07) is 3.63. The predicted molar refractivity (Wildman–Crippen MR) is 72.1 cm³/mol. The molecule has 1 unspecified atom stereocenters. The highest BCUT2D eigenvalue weighted by Gasteiger charge is 2.24. The van der Waals surface area contributed by atoms with Gasteiger partial charge in [0.25, 0.3) is 0 Å². The fourth-order valence-corrected chi connectivity index (χ4v) is 2.82. The molecule has 5 heteroatoms. The van der Waals surface area contributed by atoms with Gasteiger partial charge in [0.05, 0.1) is 6.04 Å². The van der Waals surface area contributed by atoms with Crippen molar-refractivity contribution in [2.24, 2.45) is 0 Å². The second-order valence-corrected chi connectivity index (χ2v) is 5.23. The minimum atomic E-state index is -0.549. The average molecular weight is 277 g/mol. The van der Waals surface area contributed by atoms with E-state index in [0.29, 0.717) is 5.56 Å². The molecule has 106 valence electrons. The van der Waals surface area contributed by atoms with Gasteiger partial charge in [0, 0.05) is 36.6 Å². The van der Waals surface area contributed by atoms with Gasteiger partial charge in [0.2, 0.25) is 0 Å². The van der Waals surface area contributed by atoms with Gasteiger partial charge >= 0.3 is 0 Å². The summed E-state index contributed by atoms with van der Waals surface area (Å²) >= 11 is 0. The van der Waals surface area contributed by atoms with Gasteiger partial charge < -0.3 is 9.88 Å². The summed E-state index contributed by atoms with van der Waals surface area (Å²) < 4.78 is 28.9. The van der Waals surface area contributed by atoms with Crippen LogP contribution >= 0.6 is 0 Å². The van der Waals surface area contributed by atoms with Gasteiger partial charge in [-0.25, -0.2) is 13.8 Å². The first kappa shape index (κ1) is 13.2. The Labute approximate surface area is 116 Å². The third-order valence-corrected chi connectivity index (χ3v) is 3.83. The summed E-state index contributed by atoms with van der Waals surface area (Å²) in [5, 5.41) is 3.39. The highest BCUT2D eigenvalue weighted by atomic mass is 19.1. The van der Waals surface area contributed by atoms with E-state index in [9.17, 15) is 8.78 Å². The third-order valence-electron chi connectivity index (χ3n) is 3.83. The van der Waals surface area contributed by atoms with Crippen molar-refractivity contribution in [2.75, 3.05) is 0 Å². The molecule has 1 N–H and O–H groups in total. The Morgan fingerprint density at radius 3 is 3.05 bits per heavy atom. The van der Waals surface area contributed by atoms with Crippen molar-refractivity contribution >= 4 is 0 Å². The zero-order valence-electron chi connectivity index (χ0n) is 11.3. The zero-order valence-corrected chi connectivity index (χ0v) is 11.3. The minimum Gasteiger partial charge on any atom is -0.334 e. The third kappa shape index (κ3) is 2.45. The van der Waals surface area contributed by atoms with Crippen LogP contribution in [0.5, 0.6) is 0 Å². The summed E-state index contributed by atoms with van der Waals surface area (Å²) in [7, 11) is 0. The Morgan fingerprint density at radius 2 is 2.25 bits per heavy atom. The van der Waals surface area contributed by atoms with E-state index < -0.39 is 11.6 Å². The fourth-order valence-electron chi connectivity index (χ4n) is 2.82. The molecule has 0 radical (unpaired) electrons. The largest absolute Gasteiger partial charge is 0.334 e. The number of imidazole rings is 1. The molecular formula is C15H17F2N3. The number of hydrogen-bond acceptors (Lipinski definition) is 2. The lowest BCUT2D eigenvalue weighted by Crippen LogP contribution is -2.30. The molecule has 2 aromatic rings. The van der Waals surface area contributed by atoms with Crippen LogP contribution in [0.4, 0.5) is 8.78 Å². The summed E-state index contributed by atoms with van der Waals surface area (Å²) in [6.45, 7) is 2.87. The van der Waals surface area contributed by atoms with Crippen LogP contribution < -0.4 is 5.32 Å². The lowest BCUT2D eigenvalue weighted by atomic mass is 10.0. The average Bonchev–Trinajstić information content (AvgIpc) is 2.87. The number of hydrogen-bond donors (Lipinski definition) is 1. The van der Waals surface area contributed by atoms with Crippen LogP contribution in [0.1, 0.15) is 43.2 Å². The molecule has 3 nitrogen and oxygen atoms in total. The number of halogens is 2. The molecular weight excluding hydrogens is 260 g/mol. The molecule has 0 saturated heterocycles. The van der Waals surface area contributed by atoms with Crippen LogP contribution in [0, 0.1) is 11.6 Å². The summed E-state index contributed by atoms with van der Waals surface area (Å²) in [5.74, 6) is -0.0681. The van der Waals surface area contributed by atoms with Gasteiger partial charge in [-0.1, -0.05) is 6.07 Å². The lowest BCUT2D eigenvalue weighted by Gasteiger charge is -2.27. The Morgan fingerprint density at radius 1 is 1.40 bits per heavy atom. The minimum absolute atomic E-state index is 0.109. The van der Waals surface area contributed by atoms with Gasteiger partial charge in [-0.2, -0.15) is 0 Å². The number of aryl methyl sites for hydroxylation is 1. The monoisotopic (exact) mass is 277 g/mol. The fraction of sp³-hybridized carbons (Fsp3) is 0.400. The molecule has 1 aromatic heterocycles. The maximum absolute atomic E-state index is 13.8. The summed E-state index contributed by atoms with van der Waals surface area (Å²) in [6.07, 6.45) is 5.80. The SMILES string of the molecule is C[C@H](NC1CCCn2ccnc21)c1ccc(F)cc1F. The van der Waals surface area contributed by atoms with Crippen molar-refractivity contribution in [1.82, 2.24) is 14.9 Å². The van der Waals surface area contributed by atoms with Gasteiger partial charge in [0.1, 0.15) is 17.5 Å². The zero-order chi connectivity index (χ0) is 14.1. The molecule has 0 aliphatic carbocycles. The quantitative estimate of drug-likeness (QED) is 0.932. The van der Waals surface area contributed by atoms with E-state index in [-0.39, 0.29) is 12.1 Å². The maximum Gasteiger partial charge on any atom is 0.130 e. The van der Waals surface area contributed by atoms with Gasteiger partial charge in [-0.05, 0) is 25.8 Å². The smallest absolute Gasteiger partial charge is 0.130 e. The molecule has 0 spiro atoms. The van der Waals surface area contributed by atoms with Crippen LogP contribution in [0.25, 0.3) is 0 Å². The Balaban J connectivity index is 1.79. The molecule has 0 fully saturated rings. The van der Waals surface area contributed by atoms with Crippen LogP contribution in [-0.4, -0.2) is 9.55 Å². The van der Waals surface area contributed by atoms with E-state index in [4.69, 9.17) is 0 Å². The molecule has 1 aliphatic rings. The number of nitrogens with one attached hydrogen (secondary N) is 1. The van der Waals surface area contributed by atoms with Gasteiger partial charge in [-0.3, -0.25) is 0 Å². The molecule has 1 aromatic carbocycles. The van der Waals surface area contributed by atoms with E-state index in [0.717, 1.165) is 31.3 Å². The Kier molecular flexibility index (Phi) is 3.53. The molecule has 0 bridgehead atoms. The molecule has 0 saturated carbocycles. The van der Waals surface area contributed by atoms with E-state index in [1.54, 1.807) is 6.20 Å². The highest BCUT2D eigenvalue weighted by molar-refractivity contribution is 5.22. The van der Waals surface area contributed by atoms with Crippen molar-refractivity contribution in [3.05, 3.63) is 53.6 Å². The Bertz CT molecular complexity index is 609. The molecule has 2 heterocycles. The topological polar surface area (TPSA) is 29.9 Å². The first-order valence-corrected chi connectivity index (χ1v) is 6.87. The van der Waals surface area contributed by atoms with Crippen LogP contribution in [0.3, 0.4) is 0 Å². The van der Waals surface area contributed by atoms with Crippen molar-refractivity contribution in [2.45, 2.75) is 38.4 Å². The van der Waals surface area contributed by atoms with Crippen molar-refractivity contribution < 1.29 is 8.78 Å². The van der Waals surface area contributed by atoms with Crippen molar-refractivity contribution in [1.29, 1.82) is 0 Å². The van der Waals surface area contributed by atoms with Crippen molar-refractivity contribution in [3.63, 3.8) is 0 Å². The van der Waals surface area contributed by atoms with E-state index in [2.05, 4.69) is 14.9 Å². The molecule has 0 amide bonds. The van der Waals surface area contributed by atoms with Gasteiger partial charge in [0.15, 0.2) is 0 Å². The number of aromatic nitrogens is 2. The molecule has 1 aliphatic heterocycles. The standard InChI is InChI=1S/C15H17F2N3/c1-10(12-5-4-11(16)9-13(12)17)19-14-3-2-7-20-8-6-18-15(14)20/h4-6,8-10,14,19H,2-3,7H2,1H3/t10-,14?/m0/s1. The number of rotatable bonds is 3. The normalized spacial score (nSPS) is 19.6. The number of benzene rings is 1. The lowest BCUT2D eigenvalue weighted by molar-refractivity contribution is 0.354. The molecule has 3 rings (SSSR count). The number of nitrogens with zero attached hydrogens (tertiary/aromatic N) is 2. The van der Waals surface area contributed by atoms with Crippen LogP contribution in [0.15, 0.2) is 30.6 Å². The first-order valence-electron chi connectivity index (χ1n) is 6.87. The van der Waals surface area contributed by atoms with Crippen molar-refractivity contribution in [3.8, 4) is 0 Å². The van der Waals surface area contributed by atoms with E-state index in [1.165, 1.54) is 12.1 Å². The summed E-state index contributed by atoms with van der Waals surface area (Å²) in [5.41, 5.74) is 0.482. The summed E-state index contributed by atoms with van der Waals surface area (Å²) in [4.78, 5) is 4.37. The van der Waals surface area contributed by atoms with Gasteiger partial charge in [-0.15, -0.1) is 0 Å². The van der Waals surface area contributed by atoms with E-state index in [1.807, 2.05) is 13.1 Å². The second-order valence-electron chi connectivity index (χ2n) is 5.23. The highest BCUT2D eigenvalue weighted by Crippen LogP contribution is 2.27. The van der Waals surface area contributed by atoms with Crippen LogP contribution in [0.2, 0.25) is 0 Å². The Hall–Kier alpha value is -1.75.